The van der Waals surface area contributed by atoms with Crippen molar-refractivity contribution in [2.45, 2.75) is 70.1 Å². The van der Waals surface area contributed by atoms with Crippen molar-refractivity contribution in [2.24, 2.45) is 0 Å². The molecular formula is C18H27NO. The largest absolute Gasteiger partial charge is 0.370 e. The van der Waals surface area contributed by atoms with E-state index in [0.29, 0.717) is 12.1 Å². The monoisotopic (exact) mass is 273 g/mol. The summed E-state index contributed by atoms with van der Waals surface area (Å²) in [7, 11) is 0. The highest BCUT2D eigenvalue weighted by atomic mass is 16.5. The van der Waals surface area contributed by atoms with Gasteiger partial charge in [-0.2, -0.15) is 0 Å². The van der Waals surface area contributed by atoms with Crippen LogP contribution in [0.4, 0.5) is 0 Å². The van der Waals surface area contributed by atoms with E-state index in [2.05, 4.69) is 43.4 Å². The van der Waals surface area contributed by atoms with E-state index in [0.717, 1.165) is 6.54 Å². The highest BCUT2D eigenvalue weighted by molar-refractivity contribution is 5.28. The predicted octanol–water partition coefficient (Wildman–Crippen LogP) is 4.14. The molecule has 1 aromatic rings. The third kappa shape index (κ3) is 2.91. The Bertz CT molecular complexity index is 450. The van der Waals surface area contributed by atoms with Gasteiger partial charge < -0.3 is 10.1 Å². The van der Waals surface area contributed by atoms with Gasteiger partial charge in [0.05, 0.1) is 11.7 Å². The average molecular weight is 273 g/mol. The maximum Gasteiger partial charge on any atom is 0.0708 e. The fraction of sp³-hybridized carbons (Fsp3) is 0.667. The number of ether oxygens (including phenoxy) is 1. The van der Waals surface area contributed by atoms with Gasteiger partial charge in [0, 0.05) is 12.6 Å². The van der Waals surface area contributed by atoms with Crippen LogP contribution in [0.5, 0.6) is 0 Å². The van der Waals surface area contributed by atoms with Crippen LogP contribution in [0.25, 0.3) is 0 Å². The van der Waals surface area contributed by atoms with E-state index in [4.69, 9.17) is 4.74 Å². The SMILES string of the molecule is Cc1ccccc1[C@@H](C)NCC1CCC2(CCCC2)O1. The zero-order valence-electron chi connectivity index (χ0n) is 12.8. The summed E-state index contributed by atoms with van der Waals surface area (Å²) >= 11 is 0. The number of benzene rings is 1. The normalized spacial score (nSPS) is 26.2. The molecule has 20 heavy (non-hydrogen) atoms. The minimum Gasteiger partial charge on any atom is -0.370 e. The second-order valence-electron chi connectivity index (χ2n) is 6.66. The third-order valence-corrected chi connectivity index (χ3v) is 5.16. The number of nitrogens with one attached hydrogen (secondary N) is 1. The molecule has 3 rings (SSSR count). The van der Waals surface area contributed by atoms with Crippen LogP contribution < -0.4 is 5.32 Å². The molecule has 1 unspecified atom stereocenters. The van der Waals surface area contributed by atoms with Crippen molar-refractivity contribution in [3.05, 3.63) is 35.4 Å². The molecule has 1 aliphatic carbocycles. The maximum absolute atomic E-state index is 6.36. The van der Waals surface area contributed by atoms with E-state index >= 15 is 0 Å². The summed E-state index contributed by atoms with van der Waals surface area (Å²) in [5.74, 6) is 0. The summed E-state index contributed by atoms with van der Waals surface area (Å²) in [5.41, 5.74) is 3.03. The molecule has 2 atom stereocenters. The quantitative estimate of drug-likeness (QED) is 0.890. The molecule has 110 valence electrons. The summed E-state index contributed by atoms with van der Waals surface area (Å²) in [5, 5.41) is 3.66. The van der Waals surface area contributed by atoms with Gasteiger partial charge in [-0.15, -0.1) is 0 Å². The van der Waals surface area contributed by atoms with Gasteiger partial charge in [-0.3, -0.25) is 0 Å². The maximum atomic E-state index is 6.36. The van der Waals surface area contributed by atoms with Crippen LogP contribution in [0.15, 0.2) is 24.3 Å². The van der Waals surface area contributed by atoms with Crippen LogP contribution in [-0.2, 0) is 4.74 Å². The van der Waals surface area contributed by atoms with Gasteiger partial charge in [0.15, 0.2) is 0 Å². The van der Waals surface area contributed by atoms with Crippen LogP contribution in [0.1, 0.15) is 62.6 Å². The fourth-order valence-electron chi connectivity index (χ4n) is 3.92. The molecule has 1 N–H and O–H groups in total. The van der Waals surface area contributed by atoms with Crippen molar-refractivity contribution in [3.8, 4) is 0 Å². The molecule has 1 aromatic carbocycles. The molecule has 1 saturated carbocycles. The first kappa shape index (κ1) is 14.1. The molecule has 1 saturated heterocycles. The van der Waals surface area contributed by atoms with Crippen molar-refractivity contribution in [2.75, 3.05) is 6.54 Å². The van der Waals surface area contributed by atoms with Crippen molar-refractivity contribution in [3.63, 3.8) is 0 Å². The molecule has 0 bridgehead atoms. The Morgan fingerprint density at radius 3 is 2.75 bits per heavy atom. The summed E-state index contributed by atoms with van der Waals surface area (Å²) < 4.78 is 6.36. The van der Waals surface area contributed by atoms with Gasteiger partial charge in [0.1, 0.15) is 0 Å². The molecule has 0 aromatic heterocycles. The minimum atomic E-state index is 0.262. The molecular weight excluding hydrogens is 246 g/mol. The Kier molecular flexibility index (Phi) is 4.13. The molecule has 2 fully saturated rings. The summed E-state index contributed by atoms with van der Waals surface area (Å²) in [6, 6.07) is 9.05. The number of rotatable bonds is 4. The first-order valence-electron chi connectivity index (χ1n) is 8.15. The van der Waals surface area contributed by atoms with Crippen LogP contribution >= 0.6 is 0 Å². The zero-order valence-corrected chi connectivity index (χ0v) is 12.8. The van der Waals surface area contributed by atoms with Gasteiger partial charge in [-0.05, 0) is 50.7 Å². The summed E-state index contributed by atoms with van der Waals surface area (Å²) in [6.45, 7) is 5.42. The van der Waals surface area contributed by atoms with Crippen molar-refractivity contribution in [1.82, 2.24) is 5.32 Å². The molecule has 2 nitrogen and oxygen atoms in total. The predicted molar refractivity (Wildman–Crippen MR) is 82.9 cm³/mol. The second-order valence-corrected chi connectivity index (χ2v) is 6.66. The molecule has 1 spiro atoms. The lowest BCUT2D eigenvalue weighted by Gasteiger charge is -2.25. The van der Waals surface area contributed by atoms with Crippen molar-refractivity contribution >= 4 is 0 Å². The van der Waals surface area contributed by atoms with E-state index in [-0.39, 0.29) is 5.60 Å². The molecule has 1 aliphatic heterocycles. The van der Waals surface area contributed by atoms with Crippen LogP contribution in [0.2, 0.25) is 0 Å². The number of hydrogen-bond donors (Lipinski definition) is 1. The number of hydrogen-bond acceptors (Lipinski definition) is 2. The van der Waals surface area contributed by atoms with Crippen LogP contribution in [0, 0.1) is 6.92 Å². The lowest BCUT2D eigenvalue weighted by molar-refractivity contribution is -0.0357. The van der Waals surface area contributed by atoms with E-state index in [9.17, 15) is 0 Å². The minimum absolute atomic E-state index is 0.262. The van der Waals surface area contributed by atoms with E-state index < -0.39 is 0 Å². The lowest BCUT2D eigenvalue weighted by Crippen LogP contribution is -2.32. The number of aryl methyl sites for hydroxylation is 1. The Balaban J connectivity index is 1.52. The highest BCUT2D eigenvalue weighted by Gasteiger charge is 2.41. The first-order valence-corrected chi connectivity index (χ1v) is 8.15. The summed E-state index contributed by atoms with van der Waals surface area (Å²) in [6.07, 6.45) is 8.22. The second kappa shape index (κ2) is 5.87. The van der Waals surface area contributed by atoms with Gasteiger partial charge in [0.2, 0.25) is 0 Å². The Morgan fingerprint density at radius 2 is 2.00 bits per heavy atom. The Labute approximate surface area is 122 Å². The molecule has 0 amide bonds. The van der Waals surface area contributed by atoms with Gasteiger partial charge in [0.25, 0.3) is 0 Å². The van der Waals surface area contributed by atoms with Crippen molar-refractivity contribution in [1.29, 1.82) is 0 Å². The van der Waals surface area contributed by atoms with Gasteiger partial charge >= 0.3 is 0 Å². The van der Waals surface area contributed by atoms with E-state index in [1.54, 1.807) is 0 Å². The third-order valence-electron chi connectivity index (χ3n) is 5.16. The standard InChI is InChI=1S/C18H27NO/c1-14-7-3-4-8-17(14)15(2)19-13-16-9-12-18(20-16)10-5-6-11-18/h3-4,7-8,15-16,19H,5-6,9-13H2,1-2H3/t15-,16?/m1/s1. The smallest absolute Gasteiger partial charge is 0.0708 e. The van der Waals surface area contributed by atoms with Crippen LogP contribution in [-0.4, -0.2) is 18.2 Å². The lowest BCUT2D eigenvalue weighted by atomic mass is 9.98. The van der Waals surface area contributed by atoms with E-state index in [1.807, 2.05) is 0 Å². The topological polar surface area (TPSA) is 21.3 Å². The van der Waals surface area contributed by atoms with E-state index in [1.165, 1.54) is 49.7 Å². The zero-order chi connectivity index (χ0) is 14.0. The Morgan fingerprint density at radius 1 is 1.25 bits per heavy atom. The molecule has 2 aliphatic rings. The summed E-state index contributed by atoms with van der Waals surface area (Å²) in [4.78, 5) is 0. The average Bonchev–Trinajstić information content (AvgIpc) is 3.07. The van der Waals surface area contributed by atoms with Gasteiger partial charge in [-0.1, -0.05) is 37.1 Å². The molecule has 2 heteroatoms. The van der Waals surface area contributed by atoms with Crippen LogP contribution in [0.3, 0.4) is 0 Å². The first-order chi connectivity index (χ1) is 9.69. The molecule has 0 radical (unpaired) electrons. The highest BCUT2D eigenvalue weighted by Crippen LogP contribution is 2.43. The van der Waals surface area contributed by atoms with Gasteiger partial charge in [-0.25, -0.2) is 0 Å². The molecule has 1 heterocycles. The fourth-order valence-corrected chi connectivity index (χ4v) is 3.92. The Hall–Kier alpha value is -0.860. The van der Waals surface area contributed by atoms with Crippen molar-refractivity contribution < 1.29 is 4.74 Å².